The number of nitrogens with one attached hydrogen (secondary N) is 2. The van der Waals surface area contributed by atoms with E-state index in [1.165, 1.54) is 24.1 Å². The summed E-state index contributed by atoms with van der Waals surface area (Å²) >= 11 is 7.13. The van der Waals surface area contributed by atoms with Crippen molar-refractivity contribution in [2.75, 3.05) is 13.2 Å². The number of fused-ring (bicyclic) bond motifs is 1. The molecule has 14 heteroatoms. The Morgan fingerprint density at radius 1 is 1.48 bits per heavy atom. The number of carbonyl (C=O) groups is 1. The van der Waals surface area contributed by atoms with Crippen LogP contribution < -0.4 is 15.2 Å². The summed E-state index contributed by atoms with van der Waals surface area (Å²) in [6.45, 7) is -0.158. The van der Waals surface area contributed by atoms with Crippen LogP contribution in [0.3, 0.4) is 0 Å². The molecule has 1 heterocycles. The topological polar surface area (TPSA) is 166 Å². The lowest BCUT2D eigenvalue weighted by atomic mass is 10.2. The molecule has 4 N–H and O–H groups in total. The molecule has 1 aliphatic rings. The molecule has 1 aromatic rings. The van der Waals surface area contributed by atoms with Gasteiger partial charge >= 0.3 is 0 Å². The number of hydrogen-bond acceptors (Lipinski definition) is 9. The molecule has 11 nitrogen and oxygen atoms in total. The average Bonchev–Trinajstić information content (AvgIpc) is 2.57. The van der Waals surface area contributed by atoms with Gasteiger partial charge < -0.3 is 14.9 Å². The third-order valence-corrected chi connectivity index (χ3v) is 5.55. The van der Waals surface area contributed by atoms with Crippen molar-refractivity contribution >= 4 is 51.0 Å². The van der Waals surface area contributed by atoms with Crippen LogP contribution in [0.5, 0.6) is 0 Å². The Morgan fingerprint density at radius 3 is 2.89 bits per heavy atom. The maximum atomic E-state index is 11.6. The van der Waals surface area contributed by atoms with Crippen molar-refractivity contribution in [1.82, 2.24) is 10.0 Å². The summed E-state index contributed by atoms with van der Waals surface area (Å²) in [7, 11) is -3.93. The predicted molar refractivity (Wildman–Crippen MR) is 98.7 cm³/mol. The zero-order valence-corrected chi connectivity index (χ0v) is 16.2. The van der Waals surface area contributed by atoms with Gasteiger partial charge in [-0.05, 0) is 30.5 Å². The van der Waals surface area contributed by atoms with E-state index in [-0.39, 0.29) is 35.4 Å². The predicted octanol–water partition coefficient (Wildman–Crippen LogP) is 1.12. The van der Waals surface area contributed by atoms with Gasteiger partial charge in [0.25, 0.3) is 5.09 Å². The lowest BCUT2D eigenvalue weighted by Crippen LogP contribution is -2.28. The second-order valence-electron chi connectivity index (χ2n) is 5.32. The first-order valence-corrected chi connectivity index (χ1v) is 10.3. The van der Waals surface area contributed by atoms with Crippen LogP contribution in [-0.2, 0) is 19.7 Å². The highest BCUT2D eigenvalue weighted by Gasteiger charge is 2.20. The van der Waals surface area contributed by atoms with E-state index in [9.17, 15) is 23.3 Å². The van der Waals surface area contributed by atoms with Crippen molar-refractivity contribution in [3.05, 3.63) is 27.3 Å². The molecule has 0 atom stereocenters. The first-order valence-electron chi connectivity index (χ1n) is 7.57. The summed E-state index contributed by atoms with van der Waals surface area (Å²) in [6.07, 6.45) is 1.17. The molecular weight excluding hydrogens is 422 g/mol. The summed E-state index contributed by atoms with van der Waals surface area (Å²) in [5.74, 6) is 0.351. The van der Waals surface area contributed by atoms with Crippen LogP contribution in [-0.4, -0.2) is 38.4 Å². The summed E-state index contributed by atoms with van der Waals surface area (Å²) in [5.41, 5.74) is 0.507. The zero-order valence-electron chi connectivity index (χ0n) is 13.8. The standard InChI is InChI=1S/C13H16ClN5O6S2/c14-8-6-9-10(7-11(8)27(15,23)24)26-18-12(17-9)2-1-3-13(20)16-4-5-25-19(21)22/h6-7H,1-5H2,(H,16,20)(H,17,18)(H2,15,23,24). The number of hydrogen-bond donors (Lipinski definition) is 3. The minimum Gasteiger partial charge on any atom is -0.354 e. The van der Waals surface area contributed by atoms with Crippen LogP contribution in [0.2, 0.25) is 5.02 Å². The lowest BCUT2D eigenvalue weighted by Gasteiger charge is -2.17. The van der Waals surface area contributed by atoms with Crippen molar-refractivity contribution in [2.24, 2.45) is 10.1 Å². The van der Waals surface area contributed by atoms with Crippen LogP contribution in [0.4, 0.5) is 5.69 Å². The molecule has 0 bridgehead atoms. The van der Waals surface area contributed by atoms with E-state index >= 15 is 0 Å². The number of carbonyl (C=O) groups excluding carboxylic acids is 1. The summed E-state index contributed by atoms with van der Waals surface area (Å²) < 4.78 is 25.9. The monoisotopic (exact) mass is 437 g/mol. The van der Waals surface area contributed by atoms with Gasteiger partial charge in [-0.25, -0.2) is 18.5 Å². The van der Waals surface area contributed by atoms with Crippen LogP contribution in [0.1, 0.15) is 19.3 Å². The van der Waals surface area contributed by atoms with Gasteiger partial charge in [-0.15, -0.1) is 10.1 Å². The lowest BCUT2D eigenvalue weighted by molar-refractivity contribution is -0.757. The van der Waals surface area contributed by atoms with E-state index < -0.39 is 15.1 Å². The second-order valence-corrected chi connectivity index (χ2v) is 8.10. The molecule has 0 aliphatic carbocycles. The van der Waals surface area contributed by atoms with E-state index in [2.05, 4.69) is 19.9 Å². The molecule has 0 radical (unpaired) electrons. The molecular formula is C13H16ClN5O6S2. The molecule has 2 rings (SSSR count). The smallest absolute Gasteiger partial charge is 0.294 e. The third kappa shape index (κ3) is 6.53. The van der Waals surface area contributed by atoms with Gasteiger partial charge in [0.05, 0.1) is 15.6 Å². The molecule has 0 saturated carbocycles. The van der Waals surface area contributed by atoms with E-state index in [1.807, 2.05) is 0 Å². The molecule has 148 valence electrons. The highest BCUT2D eigenvalue weighted by atomic mass is 35.5. The number of nitrogens with zero attached hydrogens (tertiary/aromatic N) is 2. The van der Waals surface area contributed by atoms with Gasteiger partial charge in [0, 0.05) is 19.4 Å². The summed E-state index contributed by atoms with van der Waals surface area (Å²) in [5, 5.41) is 16.6. The van der Waals surface area contributed by atoms with Crippen LogP contribution in [0.15, 0.2) is 26.9 Å². The van der Waals surface area contributed by atoms with E-state index in [0.29, 0.717) is 29.3 Å². The van der Waals surface area contributed by atoms with Gasteiger partial charge in [-0.1, -0.05) is 11.6 Å². The van der Waals surface area contributed by atoms with E-state index in [0.717, 1.165) is 0 Å². The van der Waals surface area contributed by atoms with Gasteiger partial charge in [0.2, 0.25) is 15.9 Å². The van der Waals surface area contributed by atoms with Crippen molar-refractivity contribution in [3.63, 3.8) is 0 Å². The summed E-state index contributed by atoms with van der Waals surface area (Å²) in [6, 6.07) is 2.78. The number of primary sulfonamides is 1. The van der Waals surface area contributed by atoms with Crippen LogP contribution in [0.25, 0.3) is 0 Å². The van der Waals surface area contributed by atoms with Crippen molar-refractivity contribution in [3.8, 4) is 0 Å². The van der Waals surface area contributed by atoms with Crippen LogP contribution in [0, 0.1) is 10.1 Å². The fourth-order valence-electron chi connectivity index (χ4n) is 2.12. The Kier molecular flexibility index (Phi) is 7.24. The number of amidine groups is 1. The maximum absolute atomic E-state index is 11.6. The number of halogens is 1. The second kappa shape index (κ2) is 9.21. The fraction of sp³-hybridized carbons (Fsp3) is 0.385. The molecule has 0 spiro atoms. The number of rotatable bonds is 9. The van der Waals surface area contributed by atoms with Gasteiger partial charge in [-0.2, -0.15) is 0 Å². The Hall–Kier alpha value is -2.09. The molecule has 1 amide bonds. The van der Waals surface area contributed by atoms with E-state index in [1.54, 1.807) is 0 Å². The van der Waals surface area contributed by atoms with Gasteiger partial charge in [-0.3, -0.25) is 4.79 Å². The largest absolute Gasteiger partial charge is 0.354 e. The molecule has 0 saturated heterocycles. The average molecular weight is 438 g/mol. The highest BCUT2D eigenvalue weighted by molar-refractivity contribution is 7.98. The van der Waals surface area contributed by atoms with Crippen molar-refractivity contribution in [2.45, 2.75) is 29.1 Å². The molecule has 1 aromatic carbocycles. The Bertz CT molecular complexity index is 876. The minimum absolute atomic E-state index is 0.0156. The Labute approximate surface area is 164 Å². The quantitative estimate of drug-likeness (QED) is 0.223. The van der Waals surface area contributed by atoms with Crippen molar-refractivity contribution in [1.29, 1.82) is 0 Å². The van der Waals surface area contributed by atoms with Gasteiger partial charge in [0.1, 0.15) is 17.3 Å². The molecule has 0 fully saturated rings. The molecule has 0 unspecified atom stereocenters. The minimum atomic E-state index is -3.93. The SMILES string of the molecule is NS(=O)(=O)c1cc2c(cc1Cl)N=C(CCCC(=O)NCCO[N+](=O)[O-])NS2. The Morgan fingerprint density at radius 2 is 2.22 bits per heavy atom. The van der Waals surface area contributed by atoms with Crippen molar-refractivity contribution < 1.29 is 23.1 Å². The molecule has 0 aromatic heterocycles. The third-order valence-electron chi connectivity index (χ3n) is 3.29. The maximum Gasteiger partial charge on any atom is 0.294 e. The molecule has 27 heavy (non-hydrogen) atoms. The molecule has 1 aliphatic heterocycles. The zero-order chi connectivity index (χ0) is 20.0. The Balaban J connectivity index is 1.87. The number of amides is 1. The number of aliphatic imine (C=N–C) groups is 1. The summed E-state index contributed by atoms with van der Waals surface area (Å²) in [4.78, 5) is 30.4. The normalized spacial score (nSPS) is 13.2. The van der Waals surface area contributed by atoms with Crippen LogP contribution >= 0.6 is 23.5 Å². The van der Waals surface area contributed by atoms with Gasteiger partial charge in [0.15, 0.2) is 0 Å². The van der Waals surface area contributed by atoms with E-state index in [4.69, 9.17) is 16.7 Å². The first-order chi connectivity index (χ1) is 12.7. The number of sulfonamides is 1. The number of benzene rings is 1. The first kappa shape index (κ1) is 21.2. The fourth-order valence-corrected chi connectivity index (χ4v) is 4.05. The number of nitrogens with two attached hydrogens (primary N) is 1. The highest BCUT2D eigenvalue weighted by Crippen LogP contribution is 2.37.